The van der Waals surface area contributed by atoms with Crippen molar-refractivity contribution in [3.05, 3.63) is 100 Å². The predicted molar refractivity (Wildman–Crippen MR) is 131 cm³/mol. The van der Waals surface area contributed by atoms with Gasteiger partial charge in [0.15, 0.2) is 6.61 Å². The average molecular weight is 461 g/mol. The molecule has 3 aromatic carbocycles. The number of anilines is 1. The van der Waals surface area contributed by atoms with Crippen LogP contribution in [0.5, 0.6) is 5.75 Å². The van der Waals surface area contributed by atoms with Crippen LogP contribution in [0.2, 0.25) is 0 Å². The fourth-order valence-corrected chi connectivity index (χ4v) is 3.99. The Balaban J connectivity index is 1.25. The van der Waals surface area contributed by atoms with Crippen LogP contribution in [0.25, 0.3) is 0 Å². The smallest absolute Gasteiger partial charge is 0.269 e. The molecule has 1 fully saturated rings. The normalized spacial score (nSPS) is 13.9. The Morgan fingerprint density at radius 1 is 0.882 bits per heavy atom. The summed E-state index contributed by atoms with van der Waals surface area (Å²) in [5, 5.41) is 13.6. The monoisotopic (exact) mass is 460 g/mol. The van der Waals surface area contributed by atoms with E-state index in [4.69, 9.17) is 4.74 Å². The molecule has 0 aliphatic carbocycles. The Labute approximate surface area is 198 Å². The first kappa shape index (κ1) is 23.3. The molecule has 1 saturated heterocycles. The molecular weight excluding hydrogens is 432 g/mol. The number of para-hydroxylation sites is 1. The summed E-state index contributed by atoms with van der Waals surface area (Å²) < 4.78 is 5.44. The summed E-state index contributed by atoms with van der Waals surface area (Å²) in [5.74, 6) is 0.167. The predicted octanol–water partition coefficient (Wildman–Crippen LogP) is 3.61. The SMILES string of the molecule is O=C(COc1ccc([N+](=O)[O-])cc1)NCc1ccccc1CN1CCN(c2ccccc2)CC1. The molecule has 0 atom stereocenters. The molecule has 8 nitrogen and oxygen atoms in total. The topological polar surface area (TPSA) is 87.9 Å². The van der Waals surface area contributed by atoms with Crippen LogP contribution in [0, 0.1) is 10.1 Å². The lowest BCUT2D eigenvalue weighted by Crippen LogP contribution is -2.46. The maximum absolute atomic E-state index is 12.3. The van der Waals surface area contributed by atoms with Crippen molar-refractivity contribution in [3.8, 4) is 5.75 Å². The van der Waals surface area contributed by atoms with E-state index in [-0.39, 0.29) is 18.2 Å². The molecular formula is C26H28N4O4. The van der Waals surface area contributed by atoms with Gasteiger partial charge < -0.3 is 15.0 Å². The summed E-state index contributed by atoms with van der Waals surface area (Å²) in [4.78, 5) is 27.4. The van der Waals surface area contributed by atoms with Crippen molar-refractivity contribution in [2.45, 2.75) is 13.1 Å². The molecule has 34 heavy (non-hydrogen) atoms. The van der Waals surface area contributed by atoms with Gasteiger partial charge in [-0.05, 0) is 35.4 Å². The average Bonchev–Trinajstić information content (AvgIpc) is 2.88. The highest BCUT2D eigenvalue weighted by atomic mass is 16.6. The molecule has 0 aromatic heterocycles. The van der Waals surface area contributed by atoms with E-state index in [0.29, 0.717) is 12.3 Å². The summed E-state index contributed by atoms with van der Waals surface area (Å²) in [6.45, 7) is 5.06. The molecule has 1 heterocycles. The summed E-state index contributed by atoms with van der Waals surface area (Å²) in [6.07, 6.45) is 0. The minimum absolute atomic E-state index is 0.0186. The first-order valence-corrected chi connectivity index (χ1v) is 11.3. The lowest BCUT2D eigenvalue weighted by atomic mass is 10.1. The molecule has 3 aromatic rings. The fourth-order valence-electron chi connectivity index (χ4n) is 3.99. The van der Waals surface area contributed by atoms with Gasteiger partial charge in [0.25, 0.3) is 11.6 Å². The van der Waals surface area contributed by atoms with Crippen LogP contribution in [0.1, 0.15) is 11.1 Å². The summed E-state index contributed by atoms with van der Waals surface area (Å²) in [6, 6.07) is 24.3. The van der Waals surface area contributed by atoms with Gasteiger partial charge >= 0.3 is 0 Å². The van der Waals surface area contributed by atoms with Gasteiger partial charge in [-0.25, -0.2) is 0 Å². The van der Waals surface area contributed by atoms with Crippen molar-refractivity contribution in [2.24, 2.45) is 0 Å². The van der Waals surface area contributed by atoms with Crippen LogP contribution in [-0.4, -0.2) is 48.5 Å². The molecule has 0 radical (unpaired) electrons. The number of nitrogens with one attached hydrogen (secondary N) is 1. The third-order valence-electron chi connectivity index (χ3n) is 5.90. The Hall–Kier alpha value is -3.91. The first-order chi connectivity index (χ1) is 16.6. The maximum Gasteiger partial charge on any atom is 0.269 e. The molecule has 1 N–H and O–H groups in total. The van der Waals surface area contributed by atoms with E-state index in [9.17, 15) is 14.9 Å². The number of nitro benzene ring substituents is 1. The fraction of sp³-hybridized carbons (Fsp3) is 0.269. The van der Waals surface area contributed by atoms with Crippen LogP contribution in [0.15, 0.2) is 78.9 Å². The van der Waals surface area contributed by atoms with Gasteiger partial charge in [-0.1, -0.05) is 42.5 Å². The number of nitrogens with zero attached hydrogens (tertiary/aromatic N) is 3. The lowest BCUT2D eigenvalue weighted by molar-refractivity contribution is -0.384. The number of rotatable bonds is 9. The standard InChI is InChI=1S/C26H28N4O4/c31-26(20-34-25-12-10-24(11-13-25)30(32)33)27-18-21-6-4-5-7-22(21)19-28-14-16-29(17-15-28)23-8-2-1-3-9-23/h1-13H,14-20H2,(H,27,31). The van der Waals surface area contributed by atoms with Gasteiger partial charge in [0, 0.05) is 57.1 Å². The third-order valence-corrected chi connectivity index (χ3v) is 5.90. The number of amides is 1. The van der Waals surface area contributed by atoms with Gasteiger partial charge in [0.05, 0.1) is 4.92 Å². The Morgan fingerprint density at radius 3 is 2.21 bits per heavy atom. The van der Waals surface area contributed by atoms with Crippen LogP contribution in [0.4, 0.5) is 11.4 Å². The van der Waals surface area contributed by atoms with Gasteiger partial charge in [-0.3, -0.25) is 19.8 Å². The third kappa shape index (κ3) is 6.32. The number of hydrogen-bond donors (Lipinski definition) is 1. The number of piperazine rings is 1. The summed E-state index contributed by atoms with van der Waals surface area (Å²) in [5.41, 5.74) is 3.53. The summed E-state index contributed by atoms with van der Waals surface area (Å²) >= 11 is 0. The number of nitro groups is 1. The molecule has 0 spiro atoms. The molecule has 0 bridgehead atoms. The van der Waals surface area contributed by atoms with Gasteiger partial charge in [-0.2, -0.15) is 0 Å². The largest absolute Gasteiger partial charge is 0.484 e. The van der Waals surface area contributed by atoms with Gasteiger partial charge in [0.1, 0.15) is 5.75 Å². The van der Waals surface area contributed by atoms with E-state index in [2.05, 4.69) is 45.4 Å². The molecule has 176 valence electrons. The van der Waals surface area contributed by atoms with Crippen LogP contribution < -0.4 is 15.0 Å². The second-order valence-corrected chi connectivity index (χ2v) is 8.18. The molecule has 1 aliphatic rings. The maximum atomic E-state index is 12.3. The van der Waals surface area contributed by atoms with Crippen molar-refractivity contribution < 1.29 is 14.5 Å². The summed E-state index contributed by atoms with van der Waals surface area (Å²) in [7, 11) is 0. The highest BCUT2D eigenvalue weighted by Crippen LogP contribution is 2.19. The highest BCUT2D eigenvalue weighted by molar-refractivity contribution is 5.77. The zero-order chi connectivity index (χ0) is 23.8. The number of ether oxygens (including phenoxy) is 1. The second kappa shape index (κ2) is 11.3. The van der Waals surface area contributed by atoms with Crippen LogP contribution in [0.3, 0.4) is 0 Å². The van der Waals surface area contributed by atoms with E-state index >= 15 is 0 Å². The van der Waals surface area contributed by atoms with E-state index in [1.165, 1.54) is 35.5 Å². The number of hydrogen-bond acceptors (Lipinski definition) is 6. The molecule has 1 amide bonds. The Morgan fingerprint density at radius 2 is 1.53 bits per heavy atom. The van der Waals surface area contributed by atoms with E-state index in [1.807, 2.05) is 24.3 Å². The lowest BCUT2D eigenvalue weighted by Gasteiger charge is -2.36. The van der Waals surface area contributed by atoms with Gasteiger partial charge in [-0.15, -0.1) is 0 Å². The quantitative estimate of drug-likeness (QED) is 0.388. The zero-order valence-corrected chi connectivity index (χ0v) is 18.9. The molecule has 4 rings (SSSR count). The van der Waals surface area contributed by atoms with E-state index in [0.717, 1.165) is 38.3 Å². The second-order valence-electron chi connectivity index (χ2n) is 8.18. The molecule has 0 unspecified atom stereocenters. The minimum atomic E-state index is -0.475. The van der Waals surface area contributed by atoms with E-state index < -0.39 is 4.92 Å². The number of carbonyl (C=O) groups is 1. The molecule has 1 aliphatic heterocycles. The minimum Gasteiger partial charge on any atom is -0.484 e. The van der Waals surface area contributed by atoms with Crippen molar-refractivity contribution >= 4 is 17.3 Å². The number of carbonyl (C=O) groups excluding carboxylic acids is 1. The Kier molecular flexibility index (Phi) is 7.72. The highest BCUT2D eigenvalue weighted by Gasteiger charge is 2.18. The van der Waals surface area contributed by atoms with Crippen molar-refractivity contribution in [2.75, 3.05) is 37.7 Å². The van der Waals surface area contributed by atoms with Gasteiger partial charge in [0.2, 0.25) is 0 Å². The van der Waals surface area contributed by atoms with Crippen LogP contribution >= 0.6 is 0 Å². The van der Waals surface area contributed by atoms with Crippen molar-refractivity contribution in [3.63, 3.8) is 0 Å². The van der Waals surface area contributed by atoms with E-state index in [1.54, 1.807) is 0 Å². The number of non-ortho nitro benzene ring substituents is 1. The Bertz CT molecular complexity index is 1100. The first-order valence-electron chi connectivity index (χ1n) is 11.3. The molecule has 0 saturated carbocycles. The van der Waals surface area contributed by atoms with Crippen LogP contribution in [-0.2, 0) is 17.9 Å². The van der Waals surface area contributed by atoms with Crippen molar-refractivity contribution in [1.29, 1.82) is 0 Å². The van der Waals surface area contributed by atoms with Crippen molar-refractivity contribution in [1.82, 2.24) is 10.2 Å². The molecule has 8 heteroatoms. The zero-order valence-electron chi connectivity index (χ0n) is 18.9. The number of benzene rings is 3.